The summed E-state index contributed by atoms with van der Waals surface area (Å²) >= 11 is 1.67. The zero-order chi connectivity index (χ0) is 12.8. The Kier molecular flexibility index (Phi) is 2.36. The fourth-order valence-electron chi connectivity index (χ4n) is 2.71. The van der Waals surface area contributed by atoms with E-state index in [9.17, 15) is 0 Å². The number of anilines is 1. The van der Waals surface area contributed by atoms with Crippen molar-refractivity contribution in [3.8, 4) is 0 Å². The Labute approximate surface area is 115 Å². The summed E-state index contributed by atoms with van der Waals surface area (Å²) in [5.74, 6) is 0. The number of rotatable bonds is 2. The molecule has 0 fully saturated rings. The quantitative estimate of drug-likeness (QED) is 0.728. The van der Waals surface area contributed by atoms with E-state index in [1.807, 2.05) is 18.3 Å². The van der Waals surface area contributed by atoms with Gasteiger partial charge in [-0.25, -0.2) is 4.98 Å². The first kappa shape index (κ1) is 11.0. The van der Waals surface area contributed by atoms with Crippen molar-refractivity contribution in [2.24, 2.45) is 0 Å². The molecule has 4 rings (SSSR count). The number of thiazole rings is 1. The maximum atomic E-state index is 6.03. The Morgan fingerprint density at radius 1 is 1.32 bits per heavy atom. The predicted molar refractivity (Wildman–Crippen MR) is 76.9 cm³/mol. The molecule has 0 spiro atoms. The van der Waals surface area contributed by atoms with Crippen LogP contribution in [-0.2, 0) is 19.6 Å². The first-order valence-electron chi connectivity index (χ1n) is 6.29. The van der Waals surface area contributed by atoms with Crippen molar-refractivity contribution in [2.45, 2.75) is 19.6 Å². The Balaban J connectivity index is 1.57. The van der Waals surface area contributed by atoms with Gasteiger partial charge in [-0.05, 0) is 17.2 Å². The molecule has 19 heavy (non-hydrogen) atoms. The summed E-state index contributed by atoms with van der Waals surface area (Å²) in [6.07, 6.45) is 4.16. The van der Waals surface area contributed by atoms with Gasteiger partial charge in [0.05, 0.1) is 5.69 Å². The summed E-state index contributed by atoms with van der Waals surface area (Å²) in [4.78, 5) is 8.07. The summed E-state index contributed by atoms with van der Waals surface area (Å²) < 4.78 is 2.08. The summed E-state index contributed by atoms with van der Waals surface area (Å²) in [5.41, 5.74) is 10.7. The third-order valence-corrected chi connectivity index (χ3v) is 4.38. The molecule has 0 unspecified atom stereocenters. The van der Waals surface area contributed by atoms with Gasteiger partial charge in [0.15, 0.2) is 4.96 Å². The summed E-state index contributed by atoms with van der Waals surface area (Å²) in [7, 11) is 0. The van der Waals surface area contributed by atoms with Gasteiger partial charge in [-0.2, -0.15) is 0 Å². The van der Waals surface area contributed by atoms with Crippen molar-refractivity contribution < 1.29 is 0 Å². The number of nitrogens with zero attached hydrogens (tertiary/aromatic N) is 3. The average molecular weight is 270 g/mol. The van der Waals surface area contributed by atoms with E-state index in [-0.39, 0.29) is 0 Å². The highest BCUT2D eigenvalue weighted by atomic mass is 32.1. The van der Waals surface area contributed by atoms with E-state index >= 15 is 0 Å². The fourth-order valence-corrected chi connectivity index (χ4v) is 3.43. The van der Waals surface area contributed by atoms with Crippen LogP contribution in [0.3, 0.4) is 0 Å². The molecular formula is C14H14N4S. The minimum Gasteiger partial charge on any atom is -0.398 e. The van der Waals surface area contributed by atoms with E-state index in [2.05, 4.69) is 31.9 Å². The van der Waals surface area contributed by atoms with Crippen LogP contribution in [0.2, 0.25) is 0 Å². The highest BCUT2D eigenvalue weighted by Gasteiger charge is 2.21. The number of nitrogens with two attached hydrogens (primary N) is 1. The molecule has 4 nitrogen and oxygen atoms in total. The molecule has 0 bridgehead atoms. The Hall–Kier alpha value is -1.85. The van der Waals surface area contributed by atoms with Crippen LogP contribution in [0.1, 0.15) is 16.8 Å². The minimum absolute atomic E-state index is 0.878. The molecule has 2 aromatic heterocycles. The second-order valence-corrected chi connectivity index (χ2v) is 5.83. The second kappa shape index (κ2) is 4.08. The molecule has 3 aromatic rings. The third kappa shape index (κ3) is 1.82. The number of hydrogen-bond donors (Lipinski definition) is 1. The van der Waals surface area contributed by atoms with Gasteiger partial charge < -0.3 is 5.73 Å². The molecule has 0 aliphatic carbocycles. The molecule has 3 heterocycles. The topological polar surface area (TPSA) is 46.6 Å². The zero-order valence-electron chi connectivity index (χ0n) is 10.4. The fraction of sp³-hybridized carbons (Fsp3) is 0.214. The standard InChI is InChI=1S/C14H14N4S/c15-13-3-1-2-10-6-17(9-12(10)13)7-11-8-18-4-5-19-14(18)16-11/h1-5,8H,6-7,9,15H2. The maximum Gasteiger partial charge on any atom is 0.193 e. The Bertz CT molecular complexity index is 714. The van der Waals surface area contributed by atoms with Gasteiger partial charge in [-0.1, -0.05) is 12.1 Å². The van der Waals surface area contributed by atoms with Crippen molar-refractivity contribution in [3.05, 3.63) is 52.8 Å². The lowest BCUT2D eigenvalue weighted by Gasteiger charge is -2.12. The smallest absolute Gasteiger partial charge is 0.193 e. The molecule has 0 amide bonds. The lowest BCUT2D eigenvalue weighted by atomic mass is 10.1. The number of imidazole rings is 1. The summed E-state index contributed by atoms with van der Waals surface area (Å²) in [6, 6.07) is 6.18. The molecule has 1 aromatic carbocycles. The molecule has 0 atom stereocenters. The van der Waals surface area contributed by atoms with Crippen LogP contribution in [0.15, 0.2) is 36.0 Å². The van der Waals surface area contributed by atoms with Crippen LogP contribution in [0.25, 0.3) is 4.96 Å². The van der Waals surface area contributed by atoms with Gasteiger partial charge in [0, 0.05) is 43.1 Å². The molecule has 1 aliphatic heterocycles. The first-order valence-corrected chi connectivity index (χ1v) is 7.17. The van der Waals surface area contributed by atoms with Crippen molar-refractivity contribution in [1.29, 1.82) is 0 Å². The van der Waals surface area contributed by atoms with Crippen molar-refractivity contribution in [1.82, 2.24) is 14.3 Å². The molecule has 96 valence electrons. The highest BCUT2D eigenvalue weighted by molar-refractivity contribution is 7.15. The van der Waals surface area contributed by atoms with Crippen LogP contribution in [0.4, 0.5) is 5.69 Å². The first-order chi connectivity index (χ1) is 9.29. The Morgan fingerprint density at radius 2 is 2.26 bits per heavy atom. The van der Waals surface area contributed by atoms with Crippen molar-refractivity contribution in [3.63, 3.8) is 0 Å². The Morgan fingerprint density at radius 3 is 3.11 bits per heavy atom. The molecular weight excluding hydrogens is 256 g/mol. The van der Waals surface area contributed by atoms with Crippen LogP contribution in [-0.4, -0.2) is 14.3 Å². The minimum atomic E-state index is 0.878. The van der Waals surface area contributed by atoms with Crippen LogP contribution < -0.4 is 5.73 Å². The molecule has 2 N–H and O–H groups in total. The van der Waals surface area contributed by atoms with Crippen LogP contribution in [0, 0.1) is 0 Å². The lowest BCUT2D eigenvalue weighted by molar-refractivity contribution is 0.273. The van der Waals surface area contributed by atoms with E-state index in [1.165, 1.54) is 11.1 Å². The van der Waals surface area contributed by atoms with Gasteiger partial charge in [0.1, 0.15) is 0 Å². The molecule has 5 heteroatoms. The molecule has 0 saturated heterocycles. The lowest BCUT2D eigenvalue weighted by Crippen LogP contribution is -2.15. The number of benzene rings is 1. The van der Waals surface area contributed by atoms with Gasteiger partial charge in [0.2, 0.25) is 0 Å². The summed E-state index contributed by atoms with van der Waals surface area (Å²) in [6.45, 7) is 2.77. The van der Waals surface area contributed by atoms with E-state index in [0.717, 1.165) is 36.0 Å². The van der Waals surface area contributed by atoms with Crippen LogP contribution in [0.5, 0.6) is 0 Å². The van der Waals surface area contributed by atoms with Gasteiger partial charge >= 0.3 is 0 Å². The number of aromatic nitrogens is 2. The van der Waals surface area contributed by atoms with E-state index in [4.69, 9.17) is 5.73 Å². The third-order valence-electron chi connectivity index (χ3n) is 3.61. The van der Waals surface area contributed by atoms with Gasteiger partial charge in [0.25, 0.3) is 0 Å². The average Bonchev–Trinajstić information content (AvgIpc) is 3.03. The van der Waals surface area contributed by atoms with E-state index < -0.39 is 0 Å². The number of nitrogen functional groups attached to an aromatic ring is 1. The molecule has 1 aliphatic rings. The largest absolute Gasteiger partial charge is 0.398 e. The maximum absolute atomic E-state index is 6.03. The number of hydrogen-bond acceptors (Lipinski definition) is 4. The normalized spacial score (nSPS) is 15.2. The van der Waals surface area contributed by atoms with Crippen molar-refractivity contribution >= 4 is 22.0 Å². The van der Waals surface area contributed by atoms with Gasteiger partial charge in [-0.15, -0.1) is 11.3 Å². The molecule has 0 radical (unpaired) electrons. The second-order valence-electron chi connectivity index (χ2n) is 4.96. The zero-order valence-corrected chi connectivity index (χ0v) is 11.2. The van der Waals surface area contributed by atoms with Gasteiger partial charge in [-0.3, -0.25) is 9.30 Å². The highest BCUT2D eigenvalue weighted by Crippen LogP contribution is 2.28. The number of fused-ring (bicyclic) bond motifs is 2. The van der Waals surface area contributed by atoms with Crippen molar-refractivity contribution in [2.75, 3.05) is 5.73 Å². The molecule has 0 saturated carbocycles. The van der Waals surface area contributed by atoms with Crippen LogP contribution >= 0.6 is 11.3 Å². The monoisotopic (exact) mass is 270 g/mol. The predicted octanol–water partition coefficient (Wildman–Crippen LogP) is 2.49. The SMILES string of the molecule is Nc1cccc2c1CN(Cc1cn3ccsc3n1)C2. The van der Waals surface area contributed by atoms with E-state index in [1.54, 1.807) is 11.3 Å². The summed E-state index contributed by atoms with van der Waals surface area (Å²) in [5, 5.41) is 2.05. The van der Waals surface area contributed by atoms with E-state index in [0.29, 0.717) is 0 Å².